The molecule has 0 aromatic heterocycles. The summed E-state index contributed by atoms with van der Waals surface area (Å²) < 4.78 is 0. The largest absolute Gasteiger partial charge is 0.391 e. The van der Waals surface area contributed by atoms with Crippen molar-refractivity contribution in [2.24, 2.45) is 0 Å². The second-order valence-electron chi connectivity index (χ2n) is 3.40. The Kier molecular flexibility index (Phi) is 1.36. The quantitative estimate of drug-likeness (QED) is 0.467. The lowest BCUT2D eigenvalue weighted by Gasteiger charge is -2.28. The summed E-state index contributed by atoms with van der Waals surface area (Å²) in [6.45, 7) is 0. The van der Waals surface area contributed by atoms with E-state index in [9.17, 15) is 5.11 Å². The van der Waals surface area contributed by atoms with Gasteiger partial charge in [-0.2, -0.15) is 0 Å². The van der Waals surface area contributed by atoms with Crippen molar-refractivity contribution in [3.63, 3.8) is 0 Å². The molecule has 3 atom stereocenters. The fourth-order valence-corrected chi connectivity index (χ4v) is 1.78. The Bertz CT molecular complexity index is 210. The standard InChI is InChI=1S/C8H13NO2/c1-9-8(4-7(8)11)5-2-6(10)3-5/h2,6-7,9-11H,3-4H2,1H3. The van der Waals surface area contributed by atoms with Gasteiger partial charge in [-0.15, -0.1) is 0 Å². The Hall–Kier alpha value is -0.380. The number of nitrogens with one attached hydrogen (secondary N) is 1. The fourth-order valence-electron chi connectivity index (χ4n) is 1.78. The van der Waals surface area contributed by atoms with Crippen molar-refractivity contribution < 1.29 is 10.2 Å². The highest BCUT2D eigenvalue weighted by molar-refractivity contribution is 5.39. The van der Waals surface area contributed by atoms with Gasteiger partial charge in [0.15, 0.2) is 0 Å². The molecule has 0 saturated heterocycles. The Morgan fingerprint density at radius 3 is 2.45 bits per heavy atom. The van der Waals surface area contributed by atoms with Crippen molar-refractivity contribution in [1.82, 2.24) is 5.32 Å². The molecular weight excluding hydrogens is 142 g/mol. The van der Waals surface area contributed by atoms with Gasteiger partial charge in [0, 0.05) is 0 Å². The van der Waals surface area contributed by atoms with Crippen LogP contribution in [-0.2, 0) is 0 Å². The molecule has 0 aliphatic heterocycles. The highest BCUT2D eigenvalue weighted by Gasteiger charge is 2.56. The minimum Gasteiger partial charge on any atom is -0.391 e. The molecular formula is C8H13NO2. The molecule has 3 heteroatoms. The van der Waals surface area contributed by atoms with Gasteiger partial charge in [-0.25, -0.2) is 0 Å². The number of hydrogen-bond acceptors (Lipinski definition) is 3. The third-order valence-electron chi connectivity index (χ3n) is 2.77. The highest BCUT2D eigenvalue weighted by Crippen LogP contribution is 2.47. The monoisotopic (exact) mass is 155 g/mol. The second-order valence-corrected chi connectivity index (χ2v) is 3.40. The van der Waals surface area contributed by atoms with Crippen LogP contribution in [0.2, 0.25) is 0 Å². The fraction of sp³-hybridized carbons (Fsp3) is 0.750. The molecule has 2 aliphatic carbocycles. The lowest BCUT2D eigenvalue weighted by Crippen LogP contribution is -2.39. The van der Waals surface area contributed by atoms with E-state index < -0.39 is 0 Å². The van der Waals surface area contributed by atoms with Gasteiger partial charge < -0.3 is 15.5 Å². The van der Waals surface area contributed by atoms with Crippen molar-refractivity contribution in [2.75, 3.05) is 7.05 Å². The van der Waals surface area contributed by atoms with E-state index in [1.807, 2.05) is 13.1 Å². The van der Waals surface area contributed by atoms with Crippen LogP contribution >= 0.6 is 0 Å². The molecule has 0 bridgehead atoms. The van der Waals surface area contributed by atoms with Gasteiger partial charge in [0.25, 0.3) is 0 Å². The minimum atomic E-state index is -0.275. The first kappa shape index (κ1) is 7.28. The molecule has 0 spiro atoms. The van der Waals surface area contributed by atoms with E-state index in [0.717, 1.165) is 12.8 Å². The highest BCUT2D eigenvalue weighted by atomic mass is 16.3. The van der Waals surface area contributed by atoms with Crippen molar-refractivity contribution in [1.29, 1.82) is 0 Å². The molecule has 0 aromatic rings. The van der Waals surface area contributed by atoms with Crippen LogP contribution in [-0.4, -0.2) is 35.0 Å². The molecule has 3 nitrogen and oxygen atoms in total. The summed E-state index contributed by atoms with van der Waals surface area (Å²) in [5, 5.41) is 21.4. The summed E-state index contributed by atoms with van der Waals surface area (Å²) in [6.07, 6.45) is 2.82. The van der Waals surface area contributed by atoms with E-state index in [0.29, 0.717) is 0 Å². The molecule has 1 fully saturated rings. The van der Waals surface area contributed by atoms with Crippen LogP contribution in [0.5, 0.6) is 0 Å². The zero-order valence-electron chi connectivity index (χ0n) is 6.54. The predicted octanol–water partition coefficient (Wildman–Crippen LogP) is -0.600. The Morgan fingerprint density at radius 2 is 2.18 bits per heavy atom. The molecule has 3 unspecified atom stereocenters. The maximum atomic E-state index is 9.31. The van der Waals surface area contributed by atoms with Gasteiger partial charge in [-0.05, 0) is 25.5 Å². The first-order valence-corrected chi connectivity index (χ1v) is 3.95. The van der Waals surface area contributed by atoms with Gasteiger partial charge in [0.1, 0.15) is 0 Å². The topological polar surface area (TPSA) is 52.5 Å². The number of aliphatic hydroxyl groups excluding tert-OH is 2. The van der Waals surface area contributed by atoms with Gasteiger partial charge in [-0.1, -0.05) is 6.08 Å². The Labute approximate surface area is 65.7 Å². The van der Waals surface area contributed by atoms with Gasteiger partial charge >= 0.3 is 0 Å². The molecule has 0 radical (unpaired) electrons. The summed E-state index contributed by atoms with van der Waals surface area (Å²) in [4.78, 5) is 0. The van der Waals surface area contributed by atoms with Crippen molar-refractivity contribution in [3.05, 3.63) is 11.6 Å². The zero-order chi connectivity index (χ0) is 8.06. The maximum absolute atomic E-state index is 9.31. The van der Waals surface area contributed by atoms with E-state index in [2.05, 4.69) is 5.32 Å². The number of likely N-dealkylation sites (N-methyl/N-ethyl adjacent to an activating group) is 1. The molecule has 2 rings (SSSR count). The molecule has 11 heavy (non-hydrogen) atoms. The number of rotatable bonds is 2. The lowest BCUT2D eigenvalue weighted by molar-refractivity contribution is 0.185. The molecule has 2 aliphatic rings. The Morgan fingerprint density at radius 1 is 1.64 bits per heavy atom. The summed E-state index contributed by atoms with van der Waals surface area (Å²) in [5.74, 6) is 0. The summed E-state index contributed by atoms with van der Waals surface area (Å²) in [6, 6.07) is 0. The smallest absolute Gasteiger partial charge is 0.0783 e. The van der Waals surface area contributed by atoms with Crippen LogP contribution in [0.15, 0.2) is 11.6 Å². The maximum Gasteiger partial charge on any atom is 0.0783 e. The second kappa shape index (κ2) is 2.06. The first-order chi connectivity index (χ1) is 5.19. The van der Waals surface area contributed by atoms with Crippen molar-refractivity contribution >= 4 is 0 Å². The van der Waals surface area contributed by atoms with E-state index in [1.165, 1.54) is 5.57 Å². The molecule has 0 amide bonds. The molecule has 0 aromatic carbocycles. The molecule has 62 valence electrons. The van der Waals surface area contributed by atoms with Gasteiger partial charge in [-0.3, -0.25) is 0 Å². The van der Waals surface area contributed by atoms with Crippen LogP contribution in [0.3, 0.4) is 0 Å². The van der Waals surface area contributed by atoms with Crippen LogP contribution in [0.4, 0.5) is 0 Å². The van der Waals surface area contributed by atoms with E-state index in [4.69, 9.17) is 5.11 Å². The third kappa shape index (κ3) is 0.851. The van der Waals surface area contributed by atoms with Gasteiger partial charge in [0.2, 0.25) is 0 Å². The average molecular weight is 155 g/mol. The van der Waals surface area contributed by atoms with Crippen LogP contribution in [0.25, 0.3) is 0 Å². The Balaban J connectivity index is 2.10. The van der Waals surface area contributed by atoms with Crippen LogP contribution < -0.4 is 5.32 Å². The van der Waals surface area contributed by atoms with E-state index in [1.54, 1.807) is 0 Å². The number of aliphatic hydroxyl groups is 2. The van der Waals surface area contributed by atoms with Crippen molar-refractivity contribution in [3.8, 4) is 0 Å². The van der Waals surface area contributed by atoms with Crippen molar-refractivity contribution in [2.45, 2.75) is 30.6 Å². The SMILES string of the molecule is CNC1(C2=CC(O)C2)CC1O. The summed E-state index contributed by atoms with van der Waals surface area (Å²) in [7, 11) is 1.85. The third-order valence-corrected chi connectivity index (χ3v) is 2.77. The average Bonchev–Trinajstić information content (AvgIpc) is 2.56. The summed E-state index contributed by atoms with van der Waals surface area (Å²) >= 11 is 0. The minimum absolute atomic E-state index is 0.167. The van der Waals surface area contributed by atoms with Crippen LogP contribution in [0.1, 0.15) is 12.8 Å². The van der Waals surface area contributed by atoms with Gasteiger partial charge in [0.05, 0.1) is 17.7 Å². The predicted molar refractivity (Wildman–Crippen MR) is 41.1 cm³/mol. The first-order valence-electron chi connectivity index (χ1n) is 3.95. The van der Waals surface area contributed by atoms with E-state index in [-0.39, 0.29) is 17.7 Å². The normalized spacial score (nSPS) is 48.1. The molecule has 3 N–H and O–H groups in total. The zero-order valence-corrected chi connectivity index (χ0v) is 6.54. The summed E-state index contributed by atoms with van der Waals surface area (Å²) in [5.41, 5.74) is 0.999. The number of hydrogen-bond donors (Lipinski definition) is 3. The lowest BCUT2D eigenvalue weighted by atomic mass is 9.87. The molecule has 1 saturated carbocycles. The van der Waals surface area contributed by atoms with E-state index >= 15 is 0 Å². The van der Waals surface area contributed by atoms with Crippen LogP contribution in [0, 0.1) is 0 Å². The molecule has 0 heterocycles.